The number of sulfonamides is 1. The fourth-order valence-electron chi connectivity index (χ4n) is 6.44. The lowest BCUT2D eigenvalue weighted by Gasteiger charge is -2.31. The van der Waals surface area contributed by atoms with Crippen LogP contribution in [0.4, 0.5) is 4.79 Å². The topological polar surface area (TPSA) is 145 Å². The van der Waals surface area contributed by atoms with E-state index in [2.05, 4.69) is 10.2 Å². The van der Waals surface area contributed by atoms with E-state index in [1.165, 1.54) is 22.2 Å². The lowest BCUT2D eigenvalue weighted by atomic mass is 10.0. The Morgan fingerprint density at radius 2 is 1.94 bits per heavy atom. The van der Waals surface area contributed by atoms with E-state index < -0.39 is 34.4 Å². The van der Waals surface area contributed by atoms with Crippen LogP contribution >= 0.6 is 11.8 Å². The van der Waals surface area contributed by atoms with Crippen molar-refractivity contribution in [3.05, 3.63) is 48.0 Å². The van der Waals surface area contributed by atoms with Crippen LogP contribution in [0.15, 0.2) is 47.4 Å². The average molecular weight is 722 g/mol. The normalized spacial score (nSPS) is 23.2. The Labute approximate surface area is 292 Å². The summed E-state index contributed by atoms with van der Waals surface area (Å²) in [7, 11) is -4.06. The number of hydrogen-bond acceptors (Lipinski definition) is 12. The van der Waals surface area contributed by atoms with Gasteiger partial charge in [-0.25, -0.2) is 13.2 Å². The summed E-state index contributed by atoms with van der Waals surface area (Å²) in [6.45, 7) is 7.21. The summed E-state index contributed by atoms with van der Waals surface area (Å²) in [5, 5.41) is 14.5. The Kier molecular flexibility index (Phi) is 12.1. The van der Waals surface area contributed by atoms with Gasteiger partial charge < -0.3 is 38.8 Å². The van der Waals surface area contributed by atoms with Crippen molar-refractivity contribution in [2.24, 2.45) is 11.8 Å². The first kappa shape index (κ1) is 36.0. The van der Waals surface area contributed by atoms with Gasteiger partial charge >= 0.3 is 6.09 Å². The van der Waals surface area contributed by atoms with Crippen LogP contribution in [-0.2, 0) is 30.7 Å². The molecule has 2 N–H and O–H groups in total. The first-order chi connectivity index (χ1) is 23.7. The predicted octanol–water partition coefficient (Wildman–Crippen LogP) is 3.30. The van der Waals surface area contributed by atoms with E-state index in [9.17, 15) is 18.3 Å². The zero-order chi connectivity index (χ0) is 34.4. The van der Waals surface area contributed by atoms with Crippen molar-refractivity contribution in [2.45, 2.75) is 62.5 Å². The SMILES string of the molecule is CC(C)CN(C[C@@H](O)[C@H](Cc1ccc(OCCCN2CCSC2)cc1)NC(=O)O[C@@H]1CO[C@H]2OCC[C@H]21)S(=O)(=O)c1ccc2c(c1)OCO2. The Hall–Kier alpha value is -2.79. The molecule has 5 atom stereocenters. The van der Waals surface area contributed by atoms with Gasteiger partial charge in [-0.2, -0.15) is 4.31 Å². The maximum absolute atomic E-state index is 13.9. The van der Waals surface area contributed by atoms with Crippen molar-refractivity contribution in [3.8, 4) is 17.2 Å². The summed E-state index contributed by atoms with van der Waals surface area (Å²) in [6, 6.07) is 11.1. The van der Waals surface area contributed by atoms with Crippen molar-refractivity contribution >= 4 is 27.9 Å². The van der Waals surface area contributed by atoms with E-state index in [-0.39, 0.29) is 55.9 Å². The molecular formula is C34H47N3O10S2. The van der Waals surface area contributed by atoms with Crippen molar-refractivity contribution in [2.75, 3.05) is 64.4 Å². The molecule has 3 saturated heterocycles. The standard InChI is InChI=1S/C34H47N3O10S2/c1-23(2)18-37(49(40,41)26-8-9-30-31(17-26)46-22-45-30)19-29(38)28(35-34(39)47-32-20-44-33-27(32)10-14-43-33)16-24-4-6-25(7-5-24)42-13-3-11-36-12-15-48-21-36/h4-9,17,23,27-29,32-33,38H,3,10-16,18-22H2,1-2H3,(H,35,39)/t27-,28-,29+,32+,33+/m0/s1. The van der Waals surface area contributed by atoms with Crippen LogP contribution in [0.25, 0.3) is 0 Å². The third-order valence-corrected chi connectivity index (χ3v) is 11.9. The molecule has 0 spiro atoms. The lowest BCUT2D eigenvalue weighted by Crippen LogP contribution is -2.51. The summed E-state index contributed by atoms with van der Waals surface area (Å²) in [4.78, 5) is 15.7. The number of thioether (sulfide) groups is 1. The molecule has 0 bridgehead atoms. The van der Waals surface area contributed by atoms with Crippen molar-refractivity contribution in [1.82, 2.24) is 14.5 Å². The molecule has 15 heteroatoms. The van der Waals surface area contributed by atoms with E-state index >= 15 is 0 Å². The van der Waals surface area contributed by atoms with Gasteiger partial charge in [0.05, 0.1) is 42.8 Å². The number of carbonyl (C=O) groups is 1. The van der Waals surface area contributed by atoms with Gasteiger partial charge in [-0.15, -0.1) is 11.8 Å². The summed E-state index contributed by atoms with van der Waals surface area (Å²) in [6.07, 6.45) is -0.973. The van der Waals surface area contributed by atoms with Gasteiger partial charge in [0.2, 0.25) is 16.8 Å². The third kappa shape index (κ3) is 9.31. The zero-order valence-electron chi connectivity index (χ0n) is 28.0. The average Bonchev–Trinajstić information content (AvgIpc) is 3.90. The largest absolute Gasteiger partial charge is 0.494 e. The Morgan fingerprint density at radius 1 is 1.12 bits per heavy atom. The summed E-state index contributed by atoms with van der Waals surface area (Å²) >= 11 is 1.95. The number of aliphatic hydroxyl groups excluding tert-OH is 1. The minimum absolute atomic E-state index is 0.0171. The molecule has 13 nitrogen and oxygen atoms in total. The second kappa shape index (κ2) is 16.5. The molecule has 4 aliphatic heterocycles. The number of benzene rings is 2. The molecule has 0 saturated carbocycles. The lowest BCUT2D eigenvalue weighted by molar-refractivity contribution is -0.0907. The molecule has 6 rings (SSSR count). The molecule has 4 aliphatic rings. The molecule has 0 radical (unpaired) electrons. The van der Waals surface area contributed by atoms with Crippen LogP contribution in [-0.4, -0.2) is 118 Å². The molecule has 3 fully saturated rings. The van der Waals surface area contributed by atoms with Crippen LogP contribution in [0.2, 0.25) is 0 Å². The van der Waals surface area contributed by atoms with Gasteiger partial charge in [-0.3, -0.25) is 4.90 Å². The molecule has 1 amide bonds. The van der Waals surface area contributed by atoms with Crippen LogP contribution in [0.5, 0.6) is 17.2 Å². The third-order valence-electron chi connectivity index (χ3n) is 9.04. The molecule has 49 heavy (non-hydrogen) atoms. The molecule has 2 aromatic rings. The first-order valence-corrected chi connectivity index (χ1v) is 19.6. The highest BCUT2D eigenvalue weighted by Gasteiger charge is 2.44. The monoisotopic (exact) mass is 721 g/mol. The van der Waals surface area contributed by atoms with Gasteiger partial charge in [-0.05, 0) is 55.0 Å². The van der Waals surface area contributed by atoms with Crippen molar-refractivity contribution in [3.63, 3.8) is 0 Å². The van der Waals surface area contributed by atoms with E-state index in [1.54, 1.807) is 6.07 Å². The quantitative estimate of drug-likeness (QED) is 0.246. The van der Waals surface area contributed by atoms with Gasteiger partial charge in [0, 0.05) is 43.9 Å². The van der Waals surface area contributed by atoms with E-state index in [0.29, 0.717) is 24.7 Å². The Balaban J connectivity index is 1.14. The van der Waals surface area contributed by atoms with Crippen LogP contribution in [0.3, 0.4) is 0 Å². The number of amides is 1. The fraction of sp³-hybridized carbons (Fsp3) is 0.618. The Morgan fingerprint density at radius 3 is 2.71 bits per heavy atom. The molecule has 2 aromatic carbocycles. The minimum Gasteiger partial charge on any atom is -0.494 e. The zero-order valence-corrected chi connectivity index (χ0v) is 29.7. The van der Waals surface area contributed by atoms with Gasteiger partial charge in [-0.1, -0.05) is 26.0 Å². The van der Waals surface area contributed by atoms with Gasteiger partial charge in [0.15, 0.2) is 17.8 Å². The number of fused-ring (bicyclic) bond motifs is 2. The molecule has 0 aromatic heterocycles. The highest BCUT2D eigenvalue weighted by atomic mass is 32.2. The number of hydrogen-bond donors (Lipinski definition) is 2. The maximum Gasteiger partial charge on any atom is 0.407 e. The highest BCUT2D eigenvalue weighted by molar-refractivity contribution is 7.99. The van der Waals surface area contributed by atoms with Crippen LogP contribution < -0.4 is 19.5 Å². The first-order valence-electron chi connectivity index (χ1n) is 17.0. The molecule has 0 unspecified atom stereocenters. The summed E-state index contributed by atoms with van der Waals surface area (Å²) < 4.78 is 62.8. The predicted molar refractivity (Wildman–Crippen MR) is 182 cm³/mol. The number of aliphatic hydroxyl groups is 1. The minimum atomic E-state index is -4.06. The number of nitrogens with zero attached hydrogens (tertiary/aromatic N) is 2. The van der Waals surface area contributed by atoms with Gasteiger partial charge in [0.25, 0.3) is 0 Å². The highest BCUT2D eigenvalue weighted by Crippen LogP contribution is 2.35. The summed E-state index contributed by atoms with van der Waals surface area (Å²) in [5.41, 5.74) is 0.827. The number of alkyl carbamates (subject to hydrolysis) is 1. The number of nitrogens with one attached hydrogen (secondary N) is 1. The number of carbonyl (C=O) groups excluding carboxylic acids is 1. The molecule has 4 heterocycles. The Bertz CT molecular complexity index is 1510. The second-order valence-electron chi connectivity index (χ2n) is 13.2. The van der Waals surface area contributed by atoms with Crippen molar-refractivity contribution in [1.29, 1.82) is 0 Å². The molecular weight excluding hydrogens is 675 g/mol. The molecule has 0 aliphatic carbocycles. The van der Waals surface area contributed by atoms with Crippen molar-refractivity contribution < 1.29 is 46.7 Å². The number of ether oxygens (including phenoxy) is 6. The van der Waals surface area contributed by atoms with Crippen LogP contribution in [0, 0.1) is 11.8 Å². The van der Waals surface area contributed by atoms with E-state index in [4.69, 9.17) is 28.4 Å². The smallest absolute Gasteiger partial charge is 0.407 e. The maximum atomic E-state index is 13.9. The van der Waals surface area contributed by atoms with E-state index in [0.717, 1.165) is 43.1 Å². The van der Waals surface area contributed by atoms with Gasteiger partial charge in [0.1, 0.15) is 11.9 Å². The van der Waals surface area contributed by atoms with E-state index in [1.807, 2.05) is 49.9 Å². The fourth-order valence-corrected chi connectivity index (χ4v) is 9.11. The van der Waals surface area contributed by atoms with Crippen LogP contribution in [0.1, 0.15) is 32.3 Å². The number of rotatable bonds is 16. The molecule has 270 valence electrons. The summed E-state index contributed by atoms with van der Waals surface area (Å²) in [5.74, 6) is 3.71. The second-order valence-corrected chi connectivity index (χ2v) is 16.2.